The lowest BCUT2D eigenvalue weighted by Gasteiger charge is -2.29. The maximum absolute atomic E-state index is 14.9. The van der Waals surface area contributed by atoms with Gasteiger partial charge in [-0.1, -0.05) is 0 Å². The fourth-order valence-electron chi connectivity index (χ4n) is 4.48. The summed E-state index contributed by atoms with van der Waals surface area (Å²) >= 11 is -1.12. The topological polar surface area (TPSA) is 46.6 Å². The molecule has 1 amide bonds. The first kappa shape index (κ1) is 21.3. The SMILES string of the molecule is C[S+]([O-])c1ccc(-c2cc(F)c(C(=O)N3CCC[C@H]3CN3CCCC3)c(F)c2)cc1. The van der Waals surface area contributed by atoms with Crippen molar-refractivity contribution in [3.05, 3.63) is 53.6 Å². The van der Waals surface area contributed by atoms with Crippen molar-refractivity contribution in [2.75, 3.05) is 32.4 Å². The Bertz CT molecular complexity index is 891. The van der Waals surface area contributed by atoms with Crippen LogP contribution in [0.25, 0.3) is 11.1 Å². The molecule has 2 fully saturated rings. The van der Waals surface area contributed by atoms with E-state index in [4.69, 9.17) is 0 Å². The highest BCUT2D eigenvalue weighted by Crippen LogP contribution is 2.29. The molecular weight excluding hydrogens is 406 g/mol. The summed E-state index contributed by atoms with van der Waals surface area (Å²) in [4.78, 5) is 17.7. The number of likely N-dealkylation sites (tertiary alicyclic amines) is 2. The van der Waals surface area contributed by atoms with Crippen LogP contribution in [-0.2, 0) is 11.2 Å². The minimum absolute atomic E-state index is 0.0107. The highest BCUT2D eigenvalue weighted by molar-refractivity contribution is 7.90. The van der Waals surface area contributed by atoms with Gasteiger partial charge in [-0.3, -0.25) is 4.79 Å². The van der Waals surface area contributed by atoms with E-state index in [-0.39, 0.29) is 6.04 Å². The summed E-state index contributed by atoms with van der Waals surface area (Å²) in [5, 5.41) is 0. The zero-order chi connectivity index (χ0) is 21.3. The predicted molar refractivity (Wildman–Crippen MR) is 114 cm³/mol. The van der Waals surface area contributed by atoms with Gasteiger partial charge in [0.15, 0.2) is 4.90 Å². The monoisotopic (exact) mass is 432 g/mol. The number of amides is 1. The lowest BCUT2D eigenvalue weighted by molar-refractivity contribution is 0.0699. The normalized spacial score (nSPS) is 20.7. The summed E-state index contributed by atoms with van der Waals surface area (Å²) in [5.41, 5.74) is 0.484. The van der Waals surface area contributed by atoms with E-state index < -0.39 is 34.3 Å². The molecule has 0 aromatic heterocycles. The first-order chi connectivity index (χ1) is 14.4. The van der Waals surface area contributed by atoms with E-state index in [1.165, 1.54) is 25.0 Å². The molecule has 0 saturated carbocycles. The Labute approximate surface area is 179 Å². The Morgan fingerprint density at radius 2 is 1.67 bits per heavy atom. The lowest BCUT2D eigenvalue weighted by atomic mass is 10.0. The van der Waals surface area contributed by atoms with Gasteiger partial charge in [-0.05, 0) is 97.5 Å². The Morgan fingerprint density at radius 1 is 1.03 bits per heavy atom. The van der Waals surface area contributed by atoms with Crippen molar-refractivity contribution in [2.45, 2.75) is 36.6 Å². The van der Waals surface area contributed by atoms with E-state index in [0.29, 0.717) is 22.6 Å². The molecule has 0 spiro atoms. The van der Waals surface area contributed by atoms with Crippen molar-refractivity contribution in [1.29, 1.82) is 0 Å². The van der Waals surface area contributed by atoms with Crippen molar-refractivity contribution >= 4 is 17.1 Å². The number of halogens is 2. The molecule has 2 saturated heterocycles. The van der Waals surface area contributed by atoms with Gasteiger partial charge in [0.1, 0.15) is 23.5 Å². The Hall–Kier alpha value is -1.96. The number of hydrogen-bond acceptors (Lipinski definition) is 3. The maximum Gasteiger partial charge on any atom is 0.260 e. The molecule has 0 radical (unpaired) electrons. The largest absolute Gasteiger partial charge is 0.612 e. The van der Waals surface area contributed by atoms with E-state index in [0.717, 1.165) is 32.5 Å². The molecule has 0 bridgehead atoms. The van der Waals surface area contributed by atoms with Gasteiger partial charge in [-0.25, -0.2) is 8.78 Å². The summed E-state index contributed by atoms with van der Waals surface area (Å²) in [6.45, 7) is 3.37. The minimum Gasteiger partial charge on any atom is -0.612 e. The molecule has 2 heterocycles. The molecule has 2 atom stereocenters. The molecule has 160 valence electrons. The summed E-state index contributed by atoms with van der Waals surface area (Å²) in [7, 11) is 0. The van der Waals surface area contributed by atoms with Crippen LogP contribution >= 0.6 is 0 Å². The average Bonchev–Trinajstić information content (AvgIpc) is 3.40. The number of benzene rings is 2. The zero-order valence-corrected chi connectivity index (χ0v) is 17.9. The summed E-state index contributed by atoms with van der Waals surface area (Å²) in [5.74, 6) is -2.25. The van der Waals surface area contributed by atoms with Crippen LogP contribution in [0.4, 0.5) is 8.78 Å². The van der Waals surface area contributed by atoms with E-state index in [1.807, 2.05) is 0 Å². The van der Waals surface area contributed by atoms with Crippen molar-refractivity contribution in [2.24, 2.45) is 0 Å². The van der Waals surface area contributed by atoms with Gasteiger partial charge in [-0.15, -0.1) is 0 Å². The second-order valence-electron chi connectivity index (χ2n) is 8.10. The number of carbonyl (C=O) groups excluding carboxylic acids is 1. The van der Waals surface area contributed by atoms with Crippen LogP contribution < -0.4 is 0 Å². The Morgan fingerprint density at radius 3 is 2.27 bits per heavy atom. The van der Waals surface area contributed by atoms with Gasteiger partial charge in [-0.2, -0.15) is 0 Å². The Kier molecular flexibility index (Phi) is 6.41. The highest BCUT2D eigenvalue weighted by atomic mass is 32.2. The highest BCUT2D eigenvalue weighted by Gasteiger charge is 2.34. The van der Waals surface area contributed by atoms with Gasteiger partial charge in [0.05, 0.1) is 0 Å². The van der Waals surface area contributed by atoms with Gasteiger partial charge in [0.25, 0.3) is 5.91 Å². The van der Waals surface area contributed by atoms with Gasteiger partial charge >= 0.3 is 0 Å². The van der Waals surface area contributed by atoms with E-state index in [2.05, 4.69) is 4.90 Å². The second-order valence-corrected chi connectivity index (χ2v) is 9.48. The molecule has 2 aliphatic rings. The molecular formula is C23H26F2N2O2S. The Balaban J connectivity index is 1.55. The van der Waals surface area contributed by atoms with E-state index in [9.17, 15) is 18.1 Å². The summed E-state index contributed by atoms with van der Waals surface area (Å²) < 4.78 is 41.3. The number of carbonyl (C=O) groups is 1. The van der Waals surface area contributed by atoms with Crippen molar-refractivity contribution in [3.8, 4) is 11.1 Å². The minimum atomic E-state index is -1.12. The predicted octanol–water partition coefficient (Wildman–Crippen LogP) is 4.07. The van der Waals surface area contributed by atoms with Gasteiger partial charge in [0.2, 0.25) is 0 Å². The third-order valence-corrected chi connectivity index (χ3v) is 7.02. The van der Waals surface area contributed by atoms with Crippen LogP contribution in [0.3, 0.4) is 0 Å². The smallest absolute Gasteiger partial charge is 0.260 e. The van der Waals surface area contributed by atoms with Crippen LogP contribution in [0.2, 0.25) is 0 Å². The lowest BCUT2D eigenvalue weighted by Crippen LogP contribution is -2.43. The van der Waals surface area contributed by atoms with E-state index >= 15 is 0 Å². The fraction of sp³-hybridized carbons (Fsp3) is 0.435. The van der Waals surface area contributed by atoms with Crippen LogP contribution in [0, 0.1) is 11.6 Å². The van der Waals surface area contributed by atoms with Crippen LogP contribution in [0.1, 0.15) is 36.0 Å². The molecule has 0 N–H and O–H groups in total. The molecule has 1 unspecified atom stereocenters. The first-order valence-corrected chi connectivity index (χ1v) is 12.0. The number of nitrogens with zero attached hydrogens (tertiary/aromatic N) is 2. The van der Waals surface area contributed by atoms with Crippen LogP contribution in [-0.4, -0.2) is 58.7 Å². The van der Waals surface area contributed by atoms with E-state index in [1.54, 1.807) is 35.4 Å². The van der Waals surface area contributed by atoms with Crippen LogP contribution in [0.15, 0.2) is 41.3 Å². The molecule has 7 heteroatoms. The molecule has 0 aliphatic carbocycles. The molecule has 30 heavy (non-hydrogen) atoms. The zero-order valence-electron chi connectivity index (χ0n) is 17.1. The van der Waals surface area contributed by atoms with Crippen molar-refractivity contribution in [3.63, 3.8) is 0 Å². The first-order valence-electron chi connectivity index (χ1n) is 10.4. The third-order valence-electron chi connectivity index (χ3n) is 6.08. The standard InChI is InChI=1S/C23H26F2N2O2S/c1-30(29)19-8-6-16(7-9-19)17-13-20(24)22(21(25)14-17)23(28)27-12-4-5-18(27)15-26-10-2-3-11-26/h6-9,13-14,18H,2-5,10-12,15H2,1H3/t18-,30?/m0/s1. The number of hydrogen-bond donors (Lipinski definition) is 0. The third kappa shape index (κ3) is 4.38. The maximum atomic E-state index is 14.9. The molecule has 4 nitrogen and oxygen atoms in total. The quantitative estimate of drug-likeness (QED) is 0.669. The van der Waals surface area contributed by atoms with Gasteiger partial charge in [0, 0.05) is 19.1 Å². The van der Waals surface area contributed by atoms with Gasteiger partial charge < -0.3 is 14.4 Å². The molecule has 2 aromatic rings. The van der Waals surface area contributed by atoms with Crippen molar-refractivity contribution in [1.82, 2.24) is 9.80 Å². The average molecular weight is 433 g/mol. The summed E-state index contributed by atoms with van der Waals surface area (Å²) in [6, 6.07) is 9.13. The molecule has 2 aromatic carbocycles. The number of rotatable bonds is 5. The van der Waals surface area contributed by atoms with Crippen LogP contribution in [0.5, 0.6) is 0 Å². The fourth-order valence-corrected chi connectivity index (χ4v) is 5.00. The van der Waals surface area contributed by atoms with Crippen molar-refractivity contribution < 1.29 is 18.1 Å². The summed E-state index contributed by atoms with van der Waals surface area (Å²) in [6.07, 6.45) is 5.64. The second kappa shape index (κ2) is 9.04. The molecule has 4 rings (SSSR count). The molecule has 2 aliphatic heterocycles.